The second-order valence-corrected chi connectivity index (χ2v) is 3.44. The van der Waals surface area contributed by atoms with E-state index in [4.69, 9.17) is 14.9 Å². The van der Waals surface area contributed by atoms with Gasteiger partial charge < -0.3 is 25.6 Å². The van der Waals surface area contributed by atoms with Gasteiger partial charge in [0.1, 0.15) is 6.04 Å². The van der Waals surface area contributed by atoms with Crippen LogP contribution in [0.25, 0.3) is 0 Å². The van der Waals surface area contributed by atoms with E-state index in [1.165, 1.54) is 0 Å². The molecule has 0 aliphatic carbocycles. The fourth-order valence-electron chi connectivity index (χ4n) is 1.10. The van der Waals surface area contributed by atoms with Crippen LogP contribution in [0.1, 0.15) is 19.8 Å². The molecule has 0 spiro atoms. The summed E-state index contributed by atoms with van der Waals surface area (Å²) in [6.07, 6.45) is -0.0698. The molecule has 0 fully saturated rings. The number of hydrogen-bond acceptors (Lipinski definition) is 4. The largest absolute Gasteiger partial charge is 0.481 e. The first kappa shape index (κ1) is 16.2. The van der Waals surface area contributed by atoms with Crippen molar-refractivity contribution in [2.75, 3.05) is 19.8 Å². The Morgan fingerprint density at radius 1 is 1.28 bits per heavy atom. The van der Waals surface area contributed by atoms with Crippen molar-refractivity contribution in [1.29, 1.82) is 0 Å². The quantitative estimate of drug-likeness (QED) is 0.420. The van der Waals surface area contributed by atoms with Gasteiger partial charge in [0.15, 0.2) is 0 Å². The van der Waals surface area contributed by atoms with Crippen LogP contribution in [0.3, 0.4) is 0 Å². The number of rotatable bonds is 9. The molecule has 0 rings (SSSR count). The Hall–Kier alpha value is -1.83. The Labute approximate surface area is 104 Å². The third-order valence-electron chi connectivity index (χ3n) is 1.94. The molecule has 8 heteroatoms. The second-order valence-electron chi connectivity index (χ2n) is 3.44. The number of hydrogen-bond donors (Lipinski definition) is 4. The number of carboxylic acids is 2. The monoisotopic (exact) mass is 262 g/mol. The van der Waals surface area contributed by atoms with Crippen molar-refractivity contribution in [2.45, 2.75) is 25.8 Å². The molecule has 18 heavy (non-hydrogen) atoms. The minimum atomic E-state index is -1.44. The Balaban J connectivity index is 3.88. The number of amides is 2. The molecule has 0 heterocycles. The summed E-state index contributed by atoms with van der Waals surface area (Å²) < 4.78 is 5.04. The van der Waals surface area contributed by atoms with Crippen LogP contribution in [0.15, 0.2) is 0 Å². The minimum absolute atomic E-state index is 0.325. The fraction of sp³-hybridized carbons (Fsp3) is 0.700. The Morgan fingerprint density at radius 2 is 1.94 bits per heavy atom. The van der Waals surface area contributed by atoms with Gasteiger partial charge in [-0.2, -0.15) is 0 Å². The lowest BCUT2D eigenvalue weighted by Gasteiger charge is -2.13. The van der Waals surface area contributed by atoms with Crippen molar-refractivity contribution < 1.29 is 29.3 Å². The van der Waals surface area contributed by atoms with E-state index >= 15 is 0 Å². The van der Waals surface area contributed by atoms with E-state index in [1.54, 1.807) is 0 Å². The van der Waals surface area contributed by atoms with Crippen LogP contribution >= 0.6 is 0 Å². The first-order valence-electron chi connectivity index (χ1n) is 5.54. The van der Waals surface area contributed by atoms with E-state index in [2.05, 4.69) is 10.6 Å². The van der Waals surface area contributed by atoms with Gasteiger partial charge in [-0.25, -0.2) is 9.59 Å². The van der Waals surface area contributed by atoms with Crippen molar-refractivity contribution >= 4 is 18.0 Å². The van der Waals surface area contributed by atoms with Crippen LogP contribution in [0.4, 0.5) is 4.79 Å². The summed E-state index contributed by atoms with van der Waals surface area (Å²) in [7, 11) is 0. The van der Waals surface area contributed by atoms with Crippen molar-refractivity contribution in [3.63, 3.8) is 0 Å². The van der Waals surface area contributed by atoms with E-state index in [-0.39, 0.29) is 0 Å². The topological polar surface area (TPSA) is 125 Å². The van der Waals surface area contributed by atoms with Gasteiger partial charge in [-0.05, 0) is 13.3 Å². The van der Waals surface area contributed by atoms with Gasteiger partial charge in [0, 0.05) is 19.8 Å². The first-order chi connectivity index (χ1) is 8.47. The molecule has 104 valence electrons. The molecule has 0 aromatic rings. The predicted octanol–water partition coefficient (Wildman–Crippen LogP) is -0.360. The molecule has 0 saturated heterocycles. The van der Waals surface area contributed by atoms with Crippen LogP contribution < -0.4 is 10.6 Å². The highest BCUT2D eigenvalue weighted by atomic mass is 16.5. The highest BCUT2D eigenvalue weighted by molar-refractivity contribution is 5.86. The molecule has 2 amide bonds. The molecule has 4 N–H and O–H groups in total. The first-order valence-corrected chi connectivity index (χ1v) is 5.54. The SMILES string of the molecule is CCOCCCNC(=O)NC(CC(=O)O)C(=O)O. The molecular formula is C10H18N2O6. The summed E-state index contributed by atoms with van der Waals surface area (Å²) in [5.41, 5.74) is 0. The predicted molar refractivity (Wildman–Crippen MR) is 61.3 cm³/mol. The summed E-state index contributed by atoms with van der Waals surface area (Å²) in [5, 5.41) is 21.6. The van der Waals surface area contributed by atoms with Gasteiger partial charge >= 0.3 is 18.0 Å². The number of nitrogens with one attached hydrogen (secondary N) is 2. The highest BCUT2D eigenvalue weighted by Gasteiger charge is 2.22. The van der Waals surface area contributed by atoms with E-state index < -0.39 is 30.4 Å². The van der Waals surface area contributed by atoms with Crippen molar-refractivity contribution in [1.82, 2.24) is 10.6 Å². The van der Waals surface area contributed by atoms with Gasteiger partial charge in [0.05, 0.1) is 6.42 Å². The number of aliphatic carboxylic acids is 2. The maximum atomic E-state index is 11.3. The van der Waals surface area contributed by atoms with Crippen LogP contribution in [0.5, 0.6) is 0 Å². The molecule has 0 aliphatic heterocycles. The van der Waals surface area contributed by atoms with Crippen LogP contribution in [0.2, 0.25) is 0 Å². The van der Waals surface area contributed by atoms with E-state index in [9.17, 15) is 14.4 Å². The average Bonchev–Trinajstić information content (AvgIpc) is 2.27. The zero-order valence-corrected chi connectivity index (χ0v) is 10.1. The third kappa shape index (κ3) is 8.34. The summed E-state index contributed by atoms with van der Waals surface area (Å²) in [6, 6.07) is -2.14. The number of carboxylic acid groups (broad SMARTS) is 2. The number of ether oxygens (including phenoxy) is 1. The third-order valence-corrected chi connectivity index (χ3v) is 1.94. The Morgan fingerprint density at radius 3 is 2.44 bits per heavy atom. The van der Waals surface area contributed by atoms with Crippen molar-refractivity contribution in [2.24, 2.45) is 0 Å². The van der Waals surface area contributed by atoms with Gasteiger partial charge in [0.25, 0.3) is 0 Å². The zero-order valence-electron chi connectivity index (χ0n) is 10.1. The number of carbonyl (C=O) groups excluding carboxylic acids is 1. The molecule has 8 nitrogen and oxygen atoms in total. The molecule has 0 aliphatic rings. The smallest absolute Gasteiger partial charge is 0.326 e. The standard InChI is InChI=1S/C10H18N2O6/c1-2-18-5-3-4-11-10(17)12-7(9(15)16)6-8(13)14/h7H,2-6H2,1H3,(H,13,14)(H,15,16)(H2,11,12,17). The van der Waals surface area contributed by atoms with E-state index in [0.717, 1.165) is 0 Å². The molecule has 0 saturated carbocycles. The van der Waals surface area contributed by atoms with E-state index in [1.807, 2.05) is 6.92 Å². The summed E-state index contributed by atoms with van der Waals surface area (Å²) in [6.45, 7) is 3.26. The maximum absolute atomic E-state index is 11.3. The molecule has 0 aromatic heterocycles. The van der Waals surface area contributed by atoms with Crippen LogP contribution in [0, 0.1) is 0 Å². The minimum Gasteiger partial charge on any atom is -0.481 e. The maximum Gasteiger partial charge on any atom is 0.326 e. The van der Waals surface area contributed by atoms with Gasteiger partial charge in [0.2, 0.25) is 0 Å². The molecule has 1 unspecified atom stereocenters. The van der Waals surface area contributed by atoms with Gasteiger partial charge in [-0.15, -0.1) is 0 Å². The summed E-state index contributed by atoms with van der Waals surface area (Å²) >= 11 is 0. The zero-order chi connectivity index (χ0) is 14.0. The Kier molecular flexibility index (Phi) is 8.29. The summed E-state index contributed by atoms with van der Waals surface area (Å²) in [5.74, 6) is -2.68. The van der Waals surface area contributed by atoms with Crippen molar-refractivity contribution in [3.8, 4) is 0 Å². The lowest BCUT2D eigenvalue weighted by atomic mass is 10.2. The van der Waals surface area contributed by atoms with Crippen LogP contribution in [-0.4, -0.2) is 54.0 Å². The Bertz CT molecular complexity index is 294. The highest BCUT2D eigenvalue weighted by Crippen LogP contribution is 1.92. The molecular weight excluding hydrogens is 244 g/mol. The number of urea groups is 1. The fourth-order valence-corrected chi connectivity index (χ4v) is 1.10. The van der Waals surface area contributed by atoms with E-state index in [0.29, 0.717) is 26.2 Å². The van der Waals surface area contributed by atoms with Gasteiger partial charge in [-0.3, -0.25) is 4.79 Å². The average molecular weight is 262 g/mol. The number of carbonyl (C=O) groups is 3. The molecule has 1 atom stereocenters. The molecule has 0 bridgehead atoms. The van der Waals surface area contributed by atoms with Crippen LogP contribution in [-0.2, 0) is 14.3 Å². The van der Waals surface area contributed by atoms with Crippen molar-refractivity contribution in [3.05, 3.63) is 0 Å². The summed E-state index contributed by atoms with van der Waals surface area (Å²) in [4.78, 5) is 32.3. The lowest BCUT2D eigenvalue weighted by Crippen LogP contribution is -2.47. The normalized spacial score (nSPS) is 11.6. The molecule has 0 aromatic carbocycles. The van der Waals surface area contributed by atoms with Gasteiger partial charge in [-0.1, -0.05) is 0 Å². The lowest BCUT2D eigenvalue weighted by molar-refractivity contribution is -0.145. The molecule has 0 radical (unpaired) electrons. The second kappa shape index (κ2) is 9.23.